The van der Waals surface area contributed by atoms with Crippen LogP contribution in [0.1, 0.15) is 59.3 Å². The first-order valence-electron chi connectivity index (χ1n) is 8.33. The highest BCUT2D eigenvalue weighted by atomic mass is 32.2. The molecule has 2 heterocycles. The van der Waals surface area contributed by atoms with Gasteiger partial charge in [-0.1, -0.05) is 12.8 Å². The summed E-state index contributed by atoms with van der Waals surface area (Å²) in [6.07, 6.45) is 6.23. The maximum Gasteiger partial charge on any atom is 0.282 e. The maximum absolute atomic E-state index is 12.9. The molecule has 0 saturated carbocycles. The molecule has 0 spiro atoms. The molecule has 0 amide bonds. The zero-order chi connectivity index (χ0) is 15.5. The van der Waals surface area contributed by atoms with Crippen molar-refractivity contribution in [1.82, 2.24) is 13.9 Å². The van der Waals surface area contributed by atoms with Crippen LogP contribution in [0.15, 0.2) is 0 Å². The Hall–Kier alpha value is -0.170. The van der Waals surface area contributed by atoms with Gasteiger partial charge in [-0.2, -0.15) is 17.0 Å². The molecule has 2 fully saturated rings. The molecule has 2 aliphatic rings. The zero-order valence-corrected chi connectivity index (χ0v) is 14.6. The van der Waals surface area contributed by atoms with Crippen molar-refractivity contribution in [2.75, 3.05) is 26.2 Å². The summed E-state index contributed by atoms with van der Waals surface area (Å²) in [6.45, 7) is 9.18. The summed E-state index contributed by atoms with van der Waals surface area (Å²) in [6, 6.07) is 0.102. The largest absolute Gasteiger partial charge is 0.310 e. The van der Waals surface area contributed by atoms with Crippen LogP contribution in [-0.4, -0.2) is 54.8 Å². The van der Waals surface area contributed by atoms with Crippen LogP contribution in [0.3, 0.4) is 0 Å². The Balaban J connectivity index is 2.06. The Kier molecular flexibility index (Phi) is 5.68. The van der Waals surface area contributed by atoms with Gasteiger partial charge in [0.15, 0.2) is 0 Å². The number of hydrogen-bond donors (Lipinski definition) is 1. The van der Waals surface area contributed by atoms with Crippen LogP contribution in [-0.2, 0) is 10.2 Å². The van der Waals surface area contributed by atoms with Crippen LogP contribution in [0, 0.1) is 0 Å². The quantitative estimate of drug-likeness (QED) is 0.862. The van der Waals surface area contributed by atoms with Crippen molar-refractivity contribution in [1.29, 1.82) is 0 Å². The predicted molar refractivity (Wildman–Crippen MR) is 86.4 cm³/mol. The summed E-state index contributed by atoms with van der Waals surface area (Å²) in [7, 11) is -3.28. The second kappa shape index (κ2) is 6.94. The molecule has 0 aromatic heterocycles. The molecule has 0 radical (unpaired) electrons. The van der Waals surface area contributed by atoms with Gasteiger partial charge >= 0.3 is 0 Å². The van der Waals surface area contributed by atoms with E-state index >= 15 is 0 Å². The van der Waals surface area contributed by atoms with E-state index < -0.39 is 10.2 Å². The van der Waals surface area contributed by atoms with Crippen LogP contribution in [0.2, 0.25) is 0 Å². The third-order valence-corrected chi connectivity index (χ3v) is 6.47. The average molecular weight is 317 g/mol. The molecule has 2 saturated heterocycles. The van der Waals surface area contributed by atoms with E-state index in [1.54, 1.807) is 8.61 Å². The molecule has 0 aromatic carbocycles. The first kappa shape index (κ1) is 17.2. The van der Waals surface area contributed by atoms with Crippen molar-refractivity contribution in [3.8, 4) is 0 Å². The Morgan fingerprint density at radius 1 is 1.00 bits per heavy atom. The fraction of sp³-hybridized carbons (Fsp3) is 1.00. The van der Waals surface area contributed by atoms with Gasteiger partial charge in [-0.15, -0.1) is 0 Å². The highest BCUT2D eigenvalue weighted by Gasteiger charge is 2.37. The molecule has 1 atom stereocenters. The zero-order valence-electron chi connectivity index (χ0n) is 13.8. The van der Waals surface area contributed by atoms with Crippen LogP contribution < -0.4 is 5.32 Å². The Morgan fingerprint density at radius 2 is 1.62 bits per heavy atom. The van der Waals surface area contributed by atoms with Gasteiger partial charge < -0.3 is 5.32 Å². The summed E-state index contributed by atoms with van der Waals surface area (Å²) in [5.41, 5.74) is 0.0258. The fourth-order valence-electron chi connectivity index (χ4n) is 3.15. The van der Waals surface area contributed by atoms with E-state index in [-0.39, 0.29) is 11.6 Å². The van der Waals surface area contributed by atoms with Gasteiger partial charge in [0.1, 0.15) is 0 Å². The molecule has 2 rings (SSSR count). The lowest BCUT2D eigenvalue weighted by Crippen LogP contribution is -2.55. The summed E-state index contributed by atoms with van der Waals surface area (Å²) >= 11 is 0. The van der Waals surface area contributed by atoms with E-state index in [0.717, 1.165) is 45.1 Å². The maximum atomic E-state index is 12.9. The first-order chi connectivity index (χ1) is 9.81. The minimum atomic E-state index is -3.28. The second-order valence-corrected chi connectivity index (χ2v) is 9.24. The lowest BCUT2D eigenvalue weighted by atomic mass is 10.0. The van der Waals surface area contributed by atoms with E-state index in [1.165, 1.54) is 0 Å². The number of piperidine rings is 2. The Labute approximate surface area is 130 Å². The highest BCUT2D eigenvalue weighted by molar-refractivity contribution is 7.86. The minimum absolute atomic E-state index is 0.0258. The topological polar surface area (TPSA) is 52.7 Å². The predicted octanol–water partition coefficient (Wildman–Crippen LogP) is 1.96. The molecule has 0 aromatic rings. The van der Waals surface area contributed by atoms with Gasteiger partial charge in [0.25, 0.3) is 10.2 Å². The summed E-state index contributed by atoms with van der Waals surface area (Å²) in [5, 5.41) is 3.47. The van der Waals surface area contributed by atoms with Crippen molar-refractivity contribution >= 4 is 10.2 Å². The van der Waals surface area contributed by atoms with E-state index in [0.29, 0.717) is 19.6 Å². The third kappa shape index (κ3) is 4.65. The van der Waals surface area contributed by atoms with Gasteiger partial charge in [0, 0.05) is 37.8 Å². The lowest BCUT2D eigenvalue weighted by molar-refractivity contribution is 0.209. The van der Waals surface area contributed by atoms with Gasteiger partial charge in [0.2, 0.25) is 0 Å². The van der Waals surface area contributed by atoms with Crippen molar-refractivity contribution in [2.24, 2.45) is 0 Å². The SMILES string of the molecule is CC(C)(C)NCC1CCCCN1S(=O)(=O)N1CCCCC1. The van der Waals surface area contributed by atoms with Gasteiger partial charge in [-0.3, -0.25) is 0 Å². The van der Waals surface area contributed by atoms with Gasteiger partial charge in [-0.25, -0.2) is 0 Å². The Morgan fingerprint density at radius 3 is 2.24 bits per heavy atom. The number of nitrogens with one attached hydrogen (secondary N) is 1. The number of hydrogen-bond acceptors (Lipinski definition) is 3. The molecular formula is C15H31N3O2S. The molecular weight excluding hydrogens is 286 g/mol. The van der Waals surface area contributed by atoms with Crippen molar-refractivity contribution in [2.45, 2.75) is 70.9 Å². The lowest BCUT2D eigenvalue weighted by Gasteiger charge is -2.40. The Bertz CT molecular complexity index is 425. The highest BCUT2D eigenvalue weighted by Crippen LogP contribution is 2.24. The molecule has 5 nitrogen and oxygen atoms in total. The molecule has 0 aliphatic carbocycles. The van der Waals surface area contributed by atoms with Crippen LogP contribution >= 0.6 is 0 Å². The van der Waals surface area contributed by atoms with E-state index in [9.17, 15) is 8.42 Å². The van der Waals surface area contributed by atoms with Gasteiger partial charge in [-0.05, 0) is 46.5 Å². The third-order valence-electron chi connectivity index (χ3n) is 4.38. The number of rotatable bonds is 4. The normalized spacial score (nSPS) is 26.9. The van der Waals surface area contributed by atoms with Crippen molar-refractivity contribution < 1.29 is 8.42 Å². The van der Waals surface area contributed by atoms with E-state index in [2.05, 4.69) is 26.1 Å². The average Bonchev–Trinajstić information content (AvgIpc) is 2.45. The fourth-order valence-corrected chi connectivity index (χ4v) is 5.08. The molecule has 21 heavy (non-hydrogen) atoms. The van der Waals surface area contributed by atoms with Crippen LogP contribution in [0.4, 0.5) is 0 Å². The molecule has 6 heteroatoms. The van der Waals surface area contributed by atoms with E-state index in [1.807, 2.05) is 0 Å². The summed E-state index contributed by atoms with van der Waals surface area (Å²) in [4.78, 5) is 0. The monoisotopic (exact) mass is 317 g/mol. The molecule has 124 valence electrons. The second-order valence-electron chi connectivity index (χ2n) is 7.36. The van der Waals surface area contributed by atoms with Crippen LogP contribution in [0.25, 0.3) is 0 Å². The summed E-state index contributed by atoms with van der Waals surface area (Å²) in [5.74, 6) is 0. The minimum Gasteiger partial charge on any atom is -0.310 e. The van der Waals surface area contributed by atoms with Crippen molar-refractivity contribution in [3.63, 3.8) is 0 Å². The van der Waals surface area contributed by atoms with Gasteiger partial charge in [0.05, 0.1) is 0 Å². The van der Waals surface area contributed by atoms with E-state index in [4.69, 9.17) is 0 Å². The molecule has 1 N–H and O–H groups in total. The molecule has 1 unspecified atom stereocenters. The molecule has 2 aliphatic heterocycles. The standard InChI is InChI=1S/C15H31N3O2S/c1-15(2,3)16-13-14-9-5-8-12-18(14)21(19,20)17-10-6-4-7-11-17/h14,16H,4-13H2,1-3H3. The van der Waals surface area contributed by atoms with Crippen molar-refractivity contribution in [3.05, 3.63) is 0 Å². The molecule has 0 bridgehead atoms. The smallest absolute Gasteiger partial charge is 0.282 e. The first-order valence-corrected chi connectivity index (χ1v) is 9.72. The van der Waals surface area contributed by atoms with Crippen LogP contribution in [0.5, 0.6) is 0 Å². The summed E-state index contributed by atoms with van der Waals surface area (Å²) < 4.78 is 29.3. The number of nitrogens with zero attached hydrogens (tertiary/aromatic N) is 2.